The first-order valence-corrected chi connectivity index (χ1v) is 9.57. The number of carbonyl (C=O) groups excluding carboxylic acids is 1. The summed E-state index contributed by atoms with van der Waals surface area (Å²) in [6.45, 7) is 2.80. The van der Waals surface area contributed by atoms with Crippen LogP contribution in [-0.4, -0.2) is 24.6 Å². The summed E-state index contributed by atoms with van der Waals surface area (Å²) < 4.78 is 16.4. The Morgan fingerprint density at radius 3 is 2.67 bits per heavy atom. The van der Waals surface area contributed by atoms with Crippen molar-refractivity contribution in [2.45, 2.75) is 26.3 Å². The van der Waals surface area contributed by atoms with E-state index in [-0.39, 0.29) is 5.91 Å². The molecule has 0 unspecified atom stereocenters. The number of hydrogen-bond donors (Lipinski definition) is 1. The second-order valence-corrected chi connectivity index (χ2v) is 6.98. The molecule has 0 aliphatic heterocycles. The summed E-state index contributed by atoms with van der Waals surface area (Å²) in [5, 5.41) is 5.81. The highest BCUT2D eigenvalue weighted by Crippen LogP contribution is 2.23. The fourth-order valence-electron chi connectivity index (χ4n) is 2.46. The molecule has 7 heteroatoms. The van der Waals surface area contributed by atoms with Crippen molar-refractivity contribution in [1.82, 2.24) is 10.3 Å². The minimum absolute atomic E-state index is 0.0317. The van der Waals surface area contributed by atoms with Gasteiger partial charge in [0.15, 0.2) is 5.76 Å². The van der Waals surface area contributed by atoms with Crippen LogP contribution in [0.3, 0.4) is 0 Å². The Bertz CT molecular complexity index is 870. The van der Waals surface area contributed by atoms with Gasteiger partial charge in [-0.15, -0.1) is 11.3 Å². The topological polar surface area (TPSA) is 73.6 Å². The first kappa shape index (κ1) is 19.0. The molecule has 0 saturated heterocycles. The first-order chi connectivity index (χ1) is 13.1. The molecule has 0 bridgehead atoms. The molecule has 1 amide bonds. The van der Waals surface area contributed by atoms with Gasteiger partial charge in [0.05, 0.1) is 25.3 Å². The highest BCUT2D eigenvalue weighted by atomic mass is 32.1. The Balaban J connectivity index is 1.35. The van der Waals surface area contributed by atoms with E-state index >= 15 is 0 Å². The van der Waals surface area contributed by atoms with Gasteiger partial charge in [0.1, 0.15) is 23.0 Å². The fraction of sp³-hybridized carbons (Fsp3) is 0.300. The molecular formula is C20H22N2O4S. The van der Waals surface area contributed by atoms with Crippen molar-refractivity contribution < 1.29 is 18.7 Å². The Morgan fingerprint density at radius 1 is 1.19 bits per heavy atom. The van der Waals surface area contributed by atoms with Gasteiger partial charge in [-0.2, -0.15) is 0 Å². The summed E-state index contributed by atoms with van der Waals surface area (Å²) in [6, 6.07) is 11.1. The Kier molecular flexibility index (Phi) is 6.49. The largest absolute Gasteiger partial charge is 0.497 e. The van der Waals surface area contributed by atoms with Crippen molar-refractivity contribution >= 4 is 17.2 Å². The number of thiazole rings is 1. The number of aromatic nitrogens is 1. The summed E-state index contributed by atoms with van der Waals surface area (Å²) in [5.41, 5.74) is 0.825. The number of ether oxygens (including phenoxy) is 2. The fourth-order valence-corrected chi connectivity index (χ4v) is 3.06. The van der Waals surface area contributed by atoms with E-state index in [2.05, 4.69) is 10.3 Å². The lowest BCUT2D eigenvalue weighted by atomic mass is 10.3. The quantitative estimate of drug-likeness (QED) is 0.558. The standard InChI is InChI=1S/C20H22N2O4S/c1-14-22-18(13-27-14)19-10-9-17(26-19)12-21-20(23)4-3-11-25-16-7-5-15(24-2)6-8-16/h5-10,13H,3-4,11-12H2,1-2H3,(H,21,23). The molecule has 0 radical (unpaired) electrons. The summed E-state index contributed by atoms with van der Waals surface area (Å²) in [6.07, 6.45) is 1.04. The van der Waals surface area contributed by atoms with E-state index in [0.717, 1.165) is 28.0 Å². The zero-order valence-electron chi connectivity index (χ0n) is 15.4. The van der Waals surface area contributed by atoms with E-state index in [1.165, 1.54) is 0 Å². The van der Waals surface area contributed by atoms with Crippen LogP contribution >= 0.6 is 11.3 Å². The number of carbonyl (C=O) groups is 1. The molecule has 27 heavy (non-hydrogen) atoms. The molecule has 0 aliphatic carbocycles. The van der Waals surface area contributed by atoms with Gasteiger partial charge in [0, 0.05) is 11.8 Å². The van der Waals surface area contributed by atoms with Crippen LogP contribution in [0.25, 0.3) is 11.5 Å². The van der Waals surface area contributed by atoms with Gasteiger partial charge in [-0.3, -0.25) is 4.79 Å². The molecule has 1 N–H and O–H groups in total. The minimum Gasteiger partial charge on any atom is -0.497 e. The van der Waals surface area contributed by atoms with Gasteiger partial charge < -0.3 is 19.2 Å². The van der Waals surface area contributed by atoms with E-state index in [1.54, 1.807) is 18.4 Å². The van der Waals surface area contributed by atoms with Crippen molar-refractivity contribution in [3.63, 3.8) is 0 Å². The predicted molar refractivity (Wildman–Crippen MR) is 104 cm³/mol. The number of benzene rings is 1. The molecule has 0 saturated carbocycles. The van der Waals surface area contributed by atoms with Crippen molar-refractivity contribution in [3.05, 3.63) is 52.5 Å². The number of nitrogens with one attached hydrogen (secondary N) is 1. The van der Waals surface area contributed by atoms with E-state index in [4.69, 9.17) is 13.9 Å². The number of methoxy groups -OCH3 is 1. The summed E-state index contributed by atoms with van der Waals surface area (Å²) in [5.74, 6) is 2.94. The summed E-state index contributed by atoms with van der Waals surface area (Å²) >= 11 is 1.58. The Hall–Kier alpha value is -2.80. The smallest absolute Gasteiger partial charge is 0.220 e. The minimum atomic E-state index is -0.0317. The zero-order valence-corrected chi connectivity index (χ0v) is 16.2. The van der Waals surface area contributed by atoms with Crippen molar-refractivity contribution in [2.24, 2.45) is 0 Å². The number of hydrogen-bond acceptors (Lipinski definition) is 6. The van der Waals surface area contributed by atoms with Crippen LogP contribution in [0.2, 0.25) is 0 Å². The second kappa shape index (κ2) is 9.23. The van der Waals surface area contributed by atoms with Gasteiger partial charge in [0.2, 0.25) is 5.91 Å². The van der Waals surface area contributed by atoms with Gasteiger partial charge >= 0.3 is 0 Å². The maximum Gasteiger partial charge on any atom is 0.220 e. The second-order valence-electron chi connectivity index (χ2n) is 5.92. The van der Waals surface area contributed by atoms with Gasteiger partial charge in [-0.1, -0.05) is 0 Å². The van der Waals surface area contributed by atoms with Crippen molar-refractivity contribution in [3.8, 4) is 23.0 Å². The molecule has 2 heterocycles. The molecule has 142 valence electrons. The zero-order chi connectivity index (χ0) is 19.1. The molecule has 2 aromatic heterocycles. The van der Waals surface area contributed by atoms with E-state index in [0.29, 0.717) is 31.8 Å². The molecule has 0 spiro atoms. The number of furan rings is 1. The predicted octanol–water partition coefficient (Wildman–Crippen LogP) is 4.20. The van der Waals surface area contributed by atoms with Crippen LogP contribution in [0.5, 0.6) is 11.5 Å². The number of nitrogens with zero attached hydrogens (tertiary/aromatic N) is 1. The maximum absolute atomic E-state index is 12.0. The lowest BCUT2D eigenvalue weighted by Crippen LogP contribution is -2.22. The van der Waals surface area contributed by atoms with Crippen LogP contribution in [0.4, 0.5) is 0 Å². The normalized spacial score (nSPS) is 10.6. The SMILES string of the molecule is COc1ccc(OCCCC(=O)NCc2ccc(-c3csc(C)n3)o2)cc1. The average molecular weight is 386 g/mol. The van der Waals surface area contributed by atoms with Gasteiger partial charge in [0.25, 0.3) is 0 Å². The molecule has 3 rings (SSSR count). The van der Waals surface area contributed by atoms with Crippen molar-refractivity contribution in [1.29, 1.82) is 0 Å². The third-order valence-electron chi connectivity index (χ3n) is 3.87. The molecule has 0 fully saturated rings. The Morgan fingerprint density at radius 2 is 1.96 bits per heavy atom. The average Bonchev–Trinajstić information content (AvgIpc) is 3.33. The van der Waals surface area contributed by atoms with E-state index in [1.807, 2.05) is 48.7 Å². The van der Waals surface area contributed by atoms with Crippen LogP contribution in [0.15, 0.2) is 46.2 Å². The molecule has 3 aromatic rings. The summed E-state index contributed by atoms with van der Waals surface area (Å²) in [7, 11) is 1.62. The van der Waals surface area contributed by atoms with Crippen LogP contribution in [0.1, 0.15) is 23.6 Å². The molecule has 1 aromatic carbocycles. The number of aryl methyl sites for hydroxylation is 1. The maximum atomic E-state index is 12.0. The molecular weight excluding hydrogens is 364 g/mol. The van der Waals surface area contributed by atoms with Gasteiger partial charge in [-0.05, 0) is 49.7 Å². The van der Waals surface area contributed by atoms with E-state index in [9.17, 15) is 4.79 Å². The third kappa shape index (κ3) is 5.59. The lowest BCUT2D eigenvalue weighted by molar-refractivity contribution is -0.121. The van der Waals surface area contributed by atoms with Crippen LogP contribution < -0.4 is 14.8 Å². The Labute approximate surface area is 162 Å². The third-order valence-corrected chi connectivity index (χ3v) is 4.64. The lowest BCUT2D eigenvalue weighted by Gasteiger charge is -2.07. The highest BCUT2D eigenvalue weighted by Gasteiger charge is 2.09. The molecule has 0 atom stereocenters. The van der Waals surface area contributed by atoms with Crippen molar-refractivity contribution in [2.75, 3.05) is 13.7 Å². The highest BCUT2D eigenvalue weighted by molar-refractivity contribution is 7.09. The van der Waals surface area contributed by atoms with E-state index < -0.39 is 0 Å². The first-order valence-electron chi connectivity index (χ1n) is 8.69. The van der Waals surface area contributed by atoms with Gasteiger partial charge in [-0.25, -0.2) is 4.98 Å². The molecule has 6 nitrogen and oxygen atoms in total. The monoisotopic (exact) mass is 386 g/mol. The molecule has 0 aliphatic rings. The number of rotatable bonds is 9. The number of amides is 1. The summed E-state index contributed by atoms with van der Waals surface area (Å²) in [4.78, 5) is 16.3. The van der Waals surface area contributed by atoms with Crippen LogP contribution in [-0.2, 0) is 11.3 Å². The van der Waals surface area contributed by atoms with Crippen LogP contribution in [0, 0.1) is 6.92 Å².